The lowest BCUT2D eigenvalue weighted by Gasteiger charge is -2.49. The molecule has 2 atom stereocenters. The molecule has 5 nitrogen and oxygen atoms in total. The first-order chi connectivity index (χ1) is 11.4. The van der Waals surface area contributed by atoms with Gasteiger partial charge in [-0.25, -0.2) is 13.2 Å². The molecule has 2 heterocycles. The maximum atomic E-state index is 12.6. The van der Waals surface area contributed by atoms with E-state index >= 15 is 0 Å². The van der Waals surface area contributed by atoms with Crippen LogP contribution < -0.4 is 5.32 Å². The van der Waals surface area contributed by atoms with E-state index in [0.717, 1.165) is 32.4 Å². The van der Waals surface area contributed by atoms with Crippen molar-refractivity contribution < 1.29 is 13.2 Å². The molecular weight excluding hydrogens is 324 g/mol. The number of carbonyl (C=O) groups is 1. The summed E-state index contributed by atoms with van der Waals surface area (Å²) in [7, 11) is -2.90. The third kappa shape index (κ3) is 4.06. The minimum Gasteiger partial charge on any atom is -0.338 e. The molecule has 3 fully saturated rings. The molecule has 2 aliphatic heterocycles. The molecule has 3 rings (SSSR count). The van der Waals surface area contributed by atoms with E-state index in [1.807, 2.05) is 4.90 Å². The van der Waals surface area contributed by atoms with E-state index in [9.17, 15) is 13.2 Å². The van der Waals surface area contributed by atoms with Crippen LogP contribution in [0.4, 0.5) is 4.79 Å². The van der Waals surface area contributed by atoms with E-state index in [2.05, 4.69) is 12.2 Å². The summed E-state index contributed by atoms with van der Waals surface area (Å²) in [6.07, 6.45) is 9.13. The second-order valence-electron chi connectivity index (χ2n) is 8.34. The maximum absolute atomic E-state index is 12.6. The van der Waals surface area contributed by atoms with Crippen molar-refractivity contribution >= 4 is 15.9 Å². The van der Waals surface area contributed by atoms with Gasteiger partial charge in [-0.2, -0.15) is 0 Å². The van der Waals surface area contributed by atoms with Gasteiger partial charge in [0.2, 0.25) is 0 Å². The summed E-state index contributed by atoms with van der Waals surface area (Å²) < 4.78 is 23.4. The Labute approximate surface area is 146 Å². The van der Waals surface area contributed by atoms with Crippen LogP contribution >= 0.6 is 0 Å². The van der Waals surface area contributed by atoms with Gasteiger partial charge in [0.25, 0.3) is 0 Å². The molecule has 24 heavy (non-hydrogen) atoms. The van der Waals surface area contributed by atoms with E-state index in [-0.39, 0.29) is 17.7 Å². The van der Waals surface area contributed by atoms with Crippen LogP contribution in [0.1, 0.15) is 58.3 Å². The number of rotatable bonds is 2. The third-order valence-corrected chi connectivity index (χ3v) is 8.51. The zero-order valence-electron chi connectivity index (χ0n) is 14.9. The number of amides is 2. The first-order valence-corrected chi connectivity index (χ1v) is 11.5. The monoisotopic (exact) mass is 356 g/mol. The predicted octanol–water partition coefficient (Wildman–Crippen LogP) is 2.81. The normalized spacial score (nSPS) is 32.5. The molecule has 0 aromatic rings. The van der Waals surface area contributed by atoms with Crippen molar-refractivity contribution in [2.75, 3.05) is 31.1 Å². The summed E-state index contributed by atoms with van der Waals surface area (Å²) in [4.78, 5) is 14.6. The Morgan fingerprint density at radius 1 is 1.17 bits per heavy atom. The van der Waals surface area contributed by atoms with Gasteiger partial charge >= 0.3 is 6.03 Å². The third-order valence-electron chi connectivity index (χ3n) is 6.62. The van der Waals surface area contributed by atoms with Crippen LogP contribution in [0.5, 0.6) is 0 Å². The highest BCUT2D eigenvalue weighted by atomic mass is 32.2. The smallest absolute Gasteiger partial charge is 0.317 e. The molecule has 1 N–H and O–H groups in total. The number of sulfone groups is 1. The summed E-state index contributed by atoms with van der Waals surface area (Å²) in [5.74, 6) is 1.32. The molecule has 2 unspecified atom stereocenters. The Hall–Kier alpha value is -0.780. The number of likely N-dealkylation sites (tertiary alicyclic amines) is 1. The van der Waals surface area contributed by atoms with Crippen LogP contribution in [0.15, 0.2) is 0 Å². The van der Waals surface area contributed by atoms with E-state index in [1.165, 1.54) is 32.1 Å². The number of hydrogen-bond donors (Lipinski definition) is 1. The van der Waals surface area contributed by atoms with Crippen molar-refractivity contribution in [3.8, 4) is 0 Å². The molecule has 1 spiro atoms. The highest BCUT2D eigenvalue weighted by Gasteiger charge is 2.42. The average Bonchev–Trinajstić information content (AvgIpc) is 2.55. The quantitative estimate of drug-likeness (QED) is 0.827. The van der Waals surface area contributed by atoms with Crippen LogP contribution in [-0.4, -0.2) is 50.5 Å². The largest absolute Gasteiger partial charge is 0.338 e. The number of hydrogen-bond acceptors (Lipinski definition) is 3. The SMILES string of the molecule is CC1CCN(C(=O)NCC2CCCS(=O)(=O)C2)CC12CCCCC2. The zero-order chi connectivity index (χ0) is 17.2. The Kier molecular flexibility index (Phi) is 5.42. The van der Waals surface area contributed by atoms with Gasteiger partial charge in [-0.05, 0) is 49.4 Å². The van der Waals surface area contributed by atoms with E-state index in [1.54, 1.807) is 0 Å². The number of carbonyl (C=O) groups excluding carboxylic acids is 1. The Bertz CT molecular complexity index is 555. The molecule has 1 saturated carbocycles. The average molecular weight is 357 g/mol. The van der Waals surface area contributed by atoms with Gasteiger partial charge in [-0.3, -0.25) is 0 Å². The molecule has 0 bridgehead atoms. The Balaban J connectivity index is 1.53. The van der Waals surface area contributed by atoms with Crippen LogP contribution in [0, 0.1) is 17.3 Å². The van der Waals surface area contributed by atoms with E-state index in [0.29, 0.717) is 23.6 Å². The summed E-state index contributed by atoms with van der Waals surface area (Å²) in [5, 5.41) is 3.02. The summed E-state index contributed by atoms with van der Waals surface area (Å²) >= 11 is 0. The summed E-state index contributed by atoms with van der Waals surface area (Å²) in [6, 6.07) is 0.00909. The van der Waals surface area contributed by atoms with Gasteiger partial charge in [0.1, 0.15) is 0 Å². The second-order valence-corrected chi connectivity index (χ2v) is 10.6. The lowest BCUT2D eigenvalue weighted by atomic mass is 9.63. The molecule has 2 saturated heterocycles. The first-order valence-electron chi connectivity index (χ1n) is 9.63. The number of piperidine rings is 1. The van der Waals surface area contributed by atoms with Crippen LogP contribution in [0.25, 0.3) is 0 Å². The number of urea groups is 1. The lowest BCUT2D eigenvalue weighted by Crippen LogP contribution is -2.54. The molecule has 6 heteroatoms. The molecule has 138 valence electrons. The molecule has 2 amide bonds. The number of nitrogens with zero attached hydrogens (tertiary/aromatic N) is 1. The molecule has 0 aromatic carbocycles. The highest BCUT2D eigenvalue weighted by molar-refractivity contribution is 7.91. The summed E-state index contributed by atoms with van der Waals surface area (Å²) in [5.41, 5.74) is 0.321. The van der Waals surface area contributed by atoms with Crippen molar-refractivity contribution in [3.63, 3.8) is 0 Å². The maximum Gasteiger partial charge on any atom is 0.317 e. The molecule has 3 aliphatic rings. The molecule has 0 radical (unpaired) electrons. The topological polar surface area (TPSA) is 66.5 Å². The fourth-order valence-electron chi connectivity index (χ4n) is 4.97. The Morgan fingerprint density at radius 2 is 1.92 bits per heavy atom. The van der Waals surface area contributed by atoms with Crippen LogP contribution in [0.2, 0.25) is 0 Å². The van der Waals surface area contributed by atoms with Gasteiger partial charge in [-0.1, -0.05) is 26.2 Å². The van der Waals surface area contributed by atoms with Gasteiger partial charge in [0.05, 0.1) is 11.5 Å². The Morgan fingerprint density at radius 3 is 2.62 bits per heavy atom. The standard InChI is InChI=1S/C18H32N2O3S/c1-15-7-10-20(14-18(15)8-3-2-4-9-18)17(21)19-12-16-6-5-11-24(22,23)13-16/h15-16H,2-14H2,1H3,(H,19,21). The summed E-state index contributed by atoms with van der Waals surface area (Å²) in [6.45, 7) is 4.56. The van der Waals surface area contributed by atoms with Crippen LogP contribution in [0.3, 0.4) is 0 Å². The zero-order valence-corrected chi connectivity index (χ0v) is 15.7. The molecule has 1 aliphatic carbocycles. The van der Waals surface area contributed by atoms with Crippen molar-refractivity contribution in [1.82, 2.24) is 10.2 Å². The van der Waals surface area contributed by atoms with Crippen molar-refractivity contribution in [2.24, 2.45) is 17.3 Å². The van der Waals surface area contributed by atoms with Gasteiger partial charge < -0.3 is 10.2 Å². The lowest BCUT2D eigenvalue weighted by molar-refractivity contribution is 0.0209. The van der Waals surface area contributed by atoms with Gasteiger partial charge in [-0.15, -0.1) is 0 Å². The van der Waals surface area contributed by atoms with Crippen molar-refractivity contribution in [2.45, 2.75) is 58.3 Å². The number of nitrogens with one attached hydrogen (secondary N) is 1. The van der Waals surface area contributed by atoms with E-state index < -0.39 is 9.84 Å². The van der Waals surface area contributed by atoms with Crippen LogP contribution in [-0.2, 0) is 9.84 Å². The fourth-order valence-corrected chi connectivity index (χ4v) is 6.75. The minimum absolute atomic E-state index is 0.00909. The van der Waals surface area contributed by atoms with Crippen molar-refractivity contribution in [1.29, 1.82) is 0 Å². The van der Waals surface area contributed by atoms with Gasteiger partial charge in [0, 0.05) is 19.6 Å². The first kappa shape index (κ1) is 18.0. The molecular formula is C18H32N2O3S. The predicted molar refractivity (Wildman–Crippen MR) is 95.6 cm³/mol. The highest BCUT2D eigenvalue weighted by Crippen LogP contribution is 2.46. The molecule has 0 aromatic heterocycles. The van der Waals surface area contributed by atoms with Gasteiger partial charge in [0.15, 0.2) is 9.84 Å². The fraction of sp³-hybridized carbons (Fsp3) is 0.944. The van der Waals surface area contributed by atoms with Crippen molar-refractivity contribution in [3.05, 3.63) is 0 Å². The van der Waals surface area contributed by atoms with E-state index in [4.69, 9.17) is 0 Å². The minimum atomic E-state index is -2.90. The second kappa shape index (κ2) is 7.22.